The van der Waals surface area contributed by atoms with Crippen LogP contribution in [0.4, 0.5) is 0 Å². The third-order valence-corrected chi connectivity index (χ3v) is 3.27. The minimum absolute atomic E-state index is 0.468. The number of nitrogens with one attached hydrogen (secondary N) is 1. The van der Waals surface area contributed by atoms with Gasteiger partial charge >= 0.3 is 0 Å². The van der Waals surface area contributed by atoms with E-state index in [1.165, 1.54) is 32.4 Å². The summed E-state index contributed by atoms with van der Waals surface area (Å²) in [6, 6.07) is 1.21. The molecular weight excluding hydrogens is 188 g/mol. The molecule has 0 radical (unpaired) electrons. The van der Waals surface area contributed by atoms with Crippen LogP contribution in [0.3, 0.4) is 0 Å². The molecule has 1 fully saturated rings. The second-order valence-electron chi connectivity index (χ2n) is 4.54. The molecule has 1 aliphatic heterocycles. The molecular formula is C12H26N2O. The topological polar surface area (TPSA) is 24.5 Å². The second kappa shape index (κ2) is 7.20. The van der Waals surface area contributed by atoms with E-state index in [4.69, 9.17) is 4.74 Å². The standard InChI is InChI=1S/C12H26N2O/c1-4-14-8-6-5-7-12(14)9-13-11(2)10-15-3/h11-13H,4-10H2,1-3H3. The maximum Gasteiger partial charge on any atom is 0.0613 e. The van der Waals surface area contributed by atoms with E-state index in [-0.39, 0.29) is 0 Å². The summed E-state index contributed by atoms with van der Waals surface area (Å²) in [6.45, 7) is 8.82. The van der Waals surface area contributed by atoms with E-state index in [1.54, 1.807) is 7.11 Å². The van der Waals surface area contributed by atoms with Crippen molar-refractivity contribution in [1.29, 1.82) is 0 Å². The van der Waals surface area contributed by atoms with E-state index >= 15 is 0 Å². The van der Waals surface area contributed by atoms with E-state index in [9.17, 15) is 0 Å². The Labute approximate surface area is 94.2 Å². The van der Waals surface area contributed by atoms with E-state index < -0.39 is 0 Å². The summed E-state index contributed by atoms with van der Waals surface area (Å²) in [5.74, 6) is 0. The Balaban J connectivity index is 2.22. The molecule has 1 saturated heterocycles. The van der Waals surface area contributed by atoms with Crippen molar-refractivity contribution in [2.24, 2.45) is 0 Å². The third kappa shape index (κ3) is 4.49. The van der Waals surface area contributed by atoms with Gasteiger partial charge in [-0.25, -0.2) is 0 Å². The zero-order chi connectivity index (χ0) is 11.1. The molecule has 1 rings (SSSR count). The van der Waals surface area contributed by atoms with Crippen molar-refractivity contribution in [3.8, 4) is 0 Å². The molecule has 2 atom stereocenters. The molecule has 2 unspecified atom stereocenters. The van der Waals surface area contributed by atoms with Crippen LogP contribution >= 0.6 is 0 Å². The van der Waals surface area contributed by atoms with Gasteiger partial charge in [-0.05, 0) is 32.9 Å². The van der Waals surface area contributed by atoms with Gasteiger partial charge in [0, 0.05) is 25.7 Å². The monoisotopic (exact) mass is 214 g/mol. The number of hydrogen-bond acceptors (Lipinski definition) is 3. The molecule has 90 valence electrons. The van der Waals surface area contributed by atoms with Crippen molar-refractivity contribution >= 4 is 0 Å². The lowest BCUT2D eigenvalue weighted by Gasteiger charge is -2.35. The maximum absolute atomic E-state index is 5.12. The molecule has 3 heteroatoms. The molecule has 15 heavy (non-hydrogen) atoms. The Bertz CT molecular complexity index is 164. The van der Waals surface area contributed by atoms with Gasteiger partial charge in [0.1, 0.15) is 0 Å². The van der Waals surface area contributed by atoms with Gasteiger partial charge in [0.15, 0.2) is 0 Å². The normalized spacial score (nSPS) is 25.4. The van der Waals surface area contributed by atoms with Crippen molar-refractivity contribution in [1.82, 2.24) is 10.2 Å². The minimum Gasteiger partial charge on any atom is -0.383 e. The number of hydrogen-bond donors (Lipinski definition) is 1. The summed E-state index contributed by atoms with van der Waals surface area (Å²) in [5.41, 5.74) is 0. The summed E-state index contributed by atoms with van der Waals surface area (Å²) in [4.78, 5) is 2.59. The molecule has 1 N–H and O–H groups in total. The van der Waals surface area contributed by atoms with Gasteiger partial charge < -0.3 is 10.1 Å². The second-order valence-corrected chi connectivity index (χ2v) is 4.54. The zero-order valence-electron chi connectivity index (χ0n) is 10.5. The number of rotatable bonds is 6. The predicted molar refractivity (Wildman–Crippen MR) is 64.2 cm³/mol. The van der Waals surface area contributed by atoms with Crippen LogP contribution in [0.1, 0.15) is 33.1 Å². The van der Waals surface area contributed by atoms with Crippen molar-refractivity contribution in [2.45, 2.75) is 45.2 Å². The van der Waals surface area contributed by atoms with Crippen molar-refractivity contribution in [3.63, 3.8) is 0 Å². The van der Waals surface area contributed by atoms with Crippen LogP contribution in [0, 0.1) is 0 Å². The average Bonchev–Trinajstić information content (AvgIpc) is 2.27. The quantitative estimate of drug-likeness (QED) is 0.725. The smallest absolute Gasteiger partial charge is 0.0613 e. The van der Waals surface area contributed by atoms with Gasteiger partial charge in [-0.2, -0.15) is 0 Å². The largest absolute Gasteiger partial charge is 0.383 e. The average molecular weight is 214 g/mol. The number of likely N-dealkylation sites (N-methyl/N-ethyl adjacent to an activating group) is 1. The third-order valence-electron chi connectivity index (χ3n) is 3.27. The maximum atomic E-state index is 5.12. The van der Waals surface area contributed by atoms with Crippen molar-refractivity contribution < 1.29 is 4.74 Å². The highest BCUT2D eigenvalue weighted by Gasteiger charge is 2.20. The molecule has 1 aliphatic rings. The Morgan fingerprint density at radius 1 is 1.47 bits per heavy atom. The molecule has 0 amide bonds. The van der Waals surface area contributed by atoms with E-state index in [0.29, 0.717) is 6.04 Å². The highest BCUT2D eigenvalue weighted by Crippen LogP contribution is 2.15. The molecule has 1 heterocycles. The first-order valence-electron chi connectivity index (χ1n) is 6.24. The van der Waals surface area contributed by atoms with Gasteiger partial charge in [0.2, 0.25) is 0 Å². The van der Waals surface area contributed by atoms with Gasteiger partial charge in [0.05, 0.1) is 6.61 Å². The Hall–Kier alpha value is -0.120. The Morgan fingerprint density at radius 2 is 2.27 bits per heavy atom. The highest BCUT2D eigenvalue weighted by atomic mass is 16.5. The predicted octanol–water partition coefficient (Wildman–Crippen LogP) is 1.49. The first kappa shape index (κ1) is 12.9. The first-order chi connectivity index (χ1) is 7.27. The van der Waals surface area contributed by atoms with Crippen LogP contribution in [-0.2, 0) is 4.74 Å². The van der Waals surface area contributed by atoms with E-state index in [0.717, 1.165) is 19.2 Å². The fourth-order valence-electron chi connectivity index (χ4n) is 2.35. The van der Waals surface area contributed by atoms with Crippen LogP contribution in [0.15, 0.2) is 0 Å². The first-order valence-corrected chi connectivity index (χ1v) is 6.24. The summed E-state index contributed by atoms with van der Waals surface area (Å²) in [6.07, 6.45) is 4.11. The number of methoxy groups -OCH3 is 1. The van der Waals surface area contributed by atoms with Crippen LogP contribution < -0.4 is 5.32 Å². The van der Waals surface area contributed by atoms with Crippen molar-refractivity contribution in [2.75, 3.05) is 33.4 Å². The van der Waals surface area contributed by atoms with Gasteiger partial charge in [-0.15, -0.1) is 0 Å². The van der Waals surface area contributed by atoms with Crippen LogP contribution in [0.25, 0.3) is 0 Å². The Kier molecular flexibility index (Phi) is 6.22. The Morgan fingerprint density at radius 3 is 2.93 bits per heavy atom. The number of piperidine rings is 1. The summed E-state index contributed by atoms with van der Waals surface area (Å²) >= 11 is 0. The minimum atomic E-state index is 0.468. The van der Waals surface area contributed by atoms with Crippen LogP contribution in [0.5, 0.6) is 0 Å². The summed E-state index contributed by atoms with van der Waals surface area (Å²) in [5, 5.41) is 3.55. The van der Waals surface area contributed by atoms with Crippen LogP contribution in [-0.4, -0.2) is 50.3 Å². The highest BCUT2D eigenvalue weighted by molar-refractivity contribution is 4.78. The molecule has 0 bridgehead atoms. The molecule has 0 saturated carbocycles. The zero-order valence-corrected chi connectivity index (χ0v) is 10.5. The molecule has 0 aromatic heterocycles. The molecule has 3 nitrogen and oxygen atoms in total. The lowest BCUT2D eigenvalue weighted by atomic mass is 10.0. The van der Waals surface area contributed by atoms with E-state index in [2.05, 4.69) is 24.1 Å². The van der Waals surface area contributed by atoms with E-state index in [1.807, 2.05) is 0 Å². The number of ether oxygens (including phenoxy) is 1. The van der Waals surface area contributed by atoms with Gasteiger partial charge in [0.25, 0.3) is 0 Å². The fourth-order valence-corrected chi connectivity index (χ4v) is 2.35. The molecule has 0 aromatic carbocycles. The lowest BCUT2D eigenvalue weighted by molar-refractivity contribution is 0.135. The molecule has 0 aliphatic carbocycles. The molecule has 0 spiro atoms. The summed E-state index contributed by atoms with van der Waals surface area (Å²) in [7, 11) is 1.76. The number of likely N-dealkylation sites (tertiary alicyclic amines) is 1. The number of nitrogens with zero attached hydrogens (tertiary/aromatic N) is 1. The lowest BCUT2D eigenvalue weighted by Crippen LogP contribution is -2.47. The van der Waals surface area contributed by atoms with Crippen molar-refractivity contribution in [3.05, 3.63) is 0 Å². The van der Waals surface area contributed by atoms with Gasteiger partial charge in [-0.3, -0.25) is 4.90 Å². The molecule has 0 aromatic rings. The summed E-state index contributed by atoms with van der Waals surface area (Å²) < 4.78 is 5.12. The van der Waals surface area contributed by atoms with Gasteiger partial charge in [-0.1, -0.05) is 13.3 Å². The SMILES string of the molecule is CCN1CCCCC1CNC(C)COC. The fraction of sp³-hybridized carbons (Fsp3) is 1.00. The van der Waals surface area contributed by atoms with Crippen LogP contribution in [0.2, 0.25) is 0 Å².